The fourth-order valence-corrected chi connectivity index (χ4v) is 4.97. The van der Waals surface area contributed by atoms with Gasteiger partial charge in [0.1, 0.15) is 6.04 Å². The molecule has 1 aromatic carbocycles. The van der Waals surface area contributed by atoms with E-state index in [-0.39, 0.29) is 16.8 Å². The molecule has 3 rings (SSSR count). The van der Waals surface area contributed by atoms with Crippen molar-refractivity contribution in [3.05, 3.63) is 30.3 Å². The molecular formula is C16H23N3O3S. The molecule has 2 fully saturated rings. The molecule has 0 spiro atoms. The van der Waals surface area contributed by atoms with E-state index in [4.69, 9.17) is 0 Å². The number of piperidine rings is 1. The fraction of sp³-hybridized carbons (Fsp3) is 0.562. The van der Waals surface area contributed by atoms with E-state index in [1.165, 1.54) is 4.31 Å². The summed E-state index contributed by atoms with van der Waals surface area (Å²) in [6.07, 6.45) is 3.27. The maximum atomic E-state index is 12.8. The first-order valence-corrected chi connectivity index (χ1v) is 9.61. The molecule has 6 nitrogen and oxygen atoms in total. The fourth-order valence-electron chi connectivity index (χ4n) is 3.29. The lowest BCUT2D eigenvalue weighted by Gasteiger charge is -2.28. The van der Waals surface area contributed by atoms with Crippen molar-refractivity contribution >= 4 is 15.9 Å². The normalized spacial score (nSPS) is 26.1. The molecule has 7 heteroatoms. The lowest BCUT2D eigenvalue weighted by molar-refractivity contribution is -0.125. The van der Waals surface area contributed by atoms with Crippen LogP contribution in [0.2, 0.25) is 0 Å². The average Bonchev–Trinajstić information content (AvgIpc) is 3.07. The molecular weight excluding hydrogens is 314 g/mol. The van der Waals surface area contributed by atoms with Crippen molar-refractivity contribution in [3.8, 4) is 0 Å². The van der Waals surface area contributed by atoms with Gasteiger partial charge in [-0.1, -0.05) is 18.2 Å². The van der Waals surface area contributed by atoms with Gasteiger partial charge in [0.05, 0.1) is 4.90 Å². The van der Waals surface area contributed by atoms with Crippen molar-refractivity contribution in [2.24, 2.45) is 0 Å². The van der Waals surface area contributed by atoms with E-state index in [2.05, 4.69) is 10.6 Å². The highest BCUT2D eigenvalue weighted by Crippen LogP contribution is 2.26. The first kappa shape index (κ1) is 16.4. The first-order valence-electron chi connectivity index (χ1n) is 8.17. The standard InChI is InChI=1S/C16H23N3O3S/c20-16(18-13-6-4-10-17-12-13)15-9-5-11-19(15)23(21,22)14-7-2-1-3-8-14/h1-3,7-8,13,15,17H,4-6,9-12H2,(H,18,20). The summed E-state index contributed by atoms with van der Waals surface area (Å²) >= 11 is 0. The summed E-state index contributed by atoms with van der Waals surface area (Å²) < 4.78 is 26.9. The number of sulfonamides is 1. The summed E-state index contributed by atoms with van der Waals surface area (Å²) in [7, 11) is -3.62. The quantitative estimate of drug-likeness (QED) is 0.848. The van der Waals surface area contributed by atoms with Gasteiger partial charge < -0.3 is 10.6 Å². The summed E-state index contributed by atoms with van der Waals surface area (Å²) in [6, 6.07) is 7.84. The Kier molecular flexibility index (Phi) is 4.99. The number of hydrogen-bond acceptors (Lipinski definition) is 4. The van der Waals surface area contributed by atoms with E-state index in [0.717, 1.165) is 25.9 Å². The second kappa shape index (κ2) is 6.98. The van der Waals surface area contributed by atoms with Crippen molar-refractivity contribution in [1.82, 2.24) is 14.9 Å². The van der Waals surface area contributed by atoms with Crippen LogP contribution in [0.5, 0.6) is 0 Å². The van der Waals surface area contributed by atoms with E-state index >= 15 is 0 Å². The van der Waals surface area contributed by atoms with E-state index < -0.39 is 16.1 Å². The number of hydrogen-bond donors (Lipinski definition) is 2. The summed E-state index contributed by atoms with van der Waals surface area (Å²) in [6.45, 7) is 2.13. The zero-order chi connectivity index (χ0) is 16.3. The lowest BCUT2D eigenvalue weighted by Crippen LogP contribution is -2.52. The highest BCUT2D eigenvalue weighted by Gasteiger charge is 2.39. The molecule has 2 heterocycles. The molecule has 0 radical (unpaired) electrons. The Labute approximate surface area is 137 Å². The van der Waals surface area contributed by atoms with Crippen LogP contribution in [0.4, 0.5) is 0 Å². The zero-order valence-electron chi connectivity index (χ0n) is 13.1. The first-order chi connectivity index (χ1) is 11.1. The van der Waals surface area contributed by atoms with Gasteiger partial charge in [0, 0.05) is 19.1 Å². The molecule has 1 aromatic rings. The van der Waals surface area contributed by atoms with Gasteiger partial charge >= 0.3 is 0 Å². The van der Waals surface area contributed by atoms with Crippen LogP contribution in [0.15, 0.2) is 35.2 Å². The number of nitrogens with zero attached hydrogens (tertiary/aromatic N) is 1. The minimum atomic E-state index is -3.62. The second-order valence-corrected chi connectivity index (χ2v) is 8.03. The Bertz CT molecular complexity index is 642. The third kappa shape index (κ3) is 3.57. The molecule has 0 saturated carbocycles. The molecule has 2 saturated heterocycles. The molecule has 0 aliphatic carbocycles. The largest absolute Gasteiger partial charge is 0.351 e. The van der Waals surface area contributed by atoms with Crippen LogP contribution in [-0.4, -0.2) is 50.3 Å². The van der Waals surface area contributed by atoms with Crippen molar-refractivity contribution in [3.63, 3.8) is 0 Å². The highest BCUT2D eigenvalue weighted by molar-refractivity contribution is 7.89. The lowest BCUT2D eigenvalue weighted by atomic mass is 10.1. The van der Waals surface area contributed by atoms with Gasteiger partial charge in [0.15, 0.2) is 0 Å². The van der Waals surface area contributed by atoms with Gasteiger partial charge in [0.25, 0.3) is 0 Å². The van der Waals surface area contributed by atoms with Crippen LogP contribution >= 0.6 is 0 Å². The maximum Gasteiger partial charge on any atom is 0.243 e. The topological polar surface area (TPSA) is 78.5 Å². The molecule has 2 aliphatic heterocycles. The minimum Gasteiger partial charge on any atom is -0.351 e. The van der Waals surface area contributed by atoms with Crippen molar-refractivity contribution in [2.75, 3.05) is 19.6 Å². The number of benzene rings is 1. The summed E-state index contributed by atoms with van der Waals surface area (Å²) in [5.41, 5.74) is 0. The SMILES string of the molecule is O=C(NC1CCCNC1)C1CCCN1S(=O)(=O)c1ccccc1. The molecule has 126 valence electrons. The van der Waals surface area contributed by atoms with Gasteiger partial charge in [-0.25, -0.2) is 8.42 Å². The van der Waals surface area contributed by atoms with Crippen LogP contribution in [0, 0.1) is 0 Å². The van der Waals surface area contributed by atoms with E-state index in [1.807, 2.05) is 0 Å². The van der Waals surface area contributed by atoms with Crippen LogP contribution in [0.1, 0.15) is 25.7 Å². The Hall–Kier alpha value is -1.44. The molecule has 23 heavy (non-hydrogen) atoms. The van der Waals surface area contributed by atoms with Crippen molar-refractivity contribution in [1.29, 1.82) is 0 Å². The summed E-state index contributed by atoms with van der Waals surface area (Å²) in [5.74, 6) is -0.171. The number of amides is 1. The predicted octanol–water partition coefficient (Wildman–Crippen LogP) is 0.708. The molecule has 2 atom stereocenters. The average molecular weight is 337 g/mol. The van der Waals surface area contributed by atoms with Gasteiger partial charge in [-0.3, -0.25) is 4.79 Å². The zero-order valence-corrected chi connectivity index (χ0v) is 13.9. The van der Waals surface area contributed by atoms with E-state index in [9.17, 15) is 13.2 Å². The van der Waals surface area contributed by atoms with Gasteiger partial charge in [-0.05, 0) is 44.4 Å². The van der Waals surface area contributed by atoms with Gasteiger partial charge in [-0.2, -0.15) is 4.31 Å². The van der Waals surface area contributed by atoms with Crippen LogP contribution < -0.4 is 10.6 Å². The predicted molar refractivity (Wildman–Crippen MR) is 87.4 cm³/mol. The molecule has 0 aromatic heterocycles. The van der Waals surface area contributed by atoms with Crippen molar-refractivity contribution in [2.45, 2.75) is 42.7 Å². The van der Waals surface area contributed by atoms with Gasteiger partial charge in [0.2, 0.25) is 15.9 Å². The molecule has 2 unspecified atom stereocenters. The monoisotopic (exact) mass is 337 g/mol. The van der Waals surface area contributed by atoms with Crippen molar-refractivity contribution < 1.29 is 13.2 Å². The van der Waals surface area contributed by atoms with E-state index in [0.29, 0.717) is 19.4 Å². The molecule has 0 bridgehead atoms. The summed E-state index contributed by atoms with van der Waals surface area (Å²) in [4.78, 5) is 12.8. The number of carbonyl (C=O) groups is 1. The number of carbonyl (C=O) groups excluding carboxylic acids is 1. The maximum absolute atomic E-state index is 12.8. The van der Waals surface area contributed by atoms with Crippen LogP contribution in [0.3, 0.4) is 0 Å². The number of rotatable bonds is 4. The third-order valence-corrected chi connectivity index (χ3v) is 6.42. The summed E-state index contributed by atoms with van der Waals surface area (Å²) in [5, 5.41) is 6.26. The second-order valence-electron chi connectivity index (χ2n) is 6.14. The van der Waals surface area contributed by atoms with E-state index in [1.54, 1.807) is 30.3 Å². The Balaban J connectivity index is 1.73. The third-order valence-electron chi connectivity index (χ3n) is 4.50. The number of nitrogens with one attached hydrogen (secondary N) is 2. The molecule has 2 N–H and O–H groups in total. The molecule has 2 aliphatic rings. The Morgan fingerprint density at radius 3 is 2.65 bits per heavy atom. The highest BCUT2D eigenvalue weighted by atomic mass is 32.2. The van der Waals surface area contributed by atoms with Crippen LogP contribution in [-0.2, 0) is 14.8 Å². The van der Waals surface area contributed by atoms with Gasteiger partial charge in [-0.15, -0.1) is 0 Å². The van der Waals surface area contributed by atoms with Crippen LogP contribution in [0.25, 0.3) is 0 Å². The Morgan fingerprint density at radius 2 is 1.96 bits per heavy atom. The smallest absolute Gasteiger partial charge is 0.243 e. The minimum absolute atomic E-state index is 0.0955. The molecule has 1 amide bonds. The Morgan fingerprint density at radius 1 is 1.17 bits per heavy atom.